The zero-order valence-corrected chi connectivity index (χ0v) is 7.72. The Kier molecular flexibility index (Phi) is 3.39. The standard InChI is InChI=1S/C9H11F2N3/c1-2-13-9(12)14-8-5-6(10)3-4-7(8)11/h3-5H,2H2,1H3,(H3,12,13,14). The van der Waals surface area contributed by atoms with Crippen LogP contribution in [-0.4, -0.2) is 12.5 Å². The molecule has 0 unspecified atom stereocenters. The van der Waals surface area contributed by atoms with Crippen molar-refractivity contribution < 1.29 is 8.78 Å². The third-order valence-electron chi connectivity index (χ3n) is 1.52. The minimum absolute atomic E-state index is 0.0142. The molecule has 1 rings (SSSR count). The highest BCUT2D eigenvalue weighted by Crippen LogP contribution is 2.14. The van der Waals surface area contributed by atoms with E-state index in [0.717, 1.165) is 18.2 Å². The first-order valence-corrected chi connectivity index (χ1v) is 4.15. The van der Waals surface area contributed by atoms with Gasteiger partial charge in [0.1, 0.15) is 11.6 Å². The van der Waals surface area contributed by atoms with Gasteiger partial charge in [-0.25, -0.2) is 8.78 Å². The molecule has 76 valence electrons. The molecule has 14 heavy (non-hydrogen) atoms. The van der Waals surface area contributed by atoms with Crippen LogP contribution in [0, 0.1) is 11.6 Å². The molecular weight excluding hydrogens is 188 g/mol. The fourth-order valence-corrected chi connectivity index (χ4v) is 0.941. The number of benzene rings is 1. The SMILES string of the molecule is CCN=C(N)Nc1cc(F)ccc1F. The highest BCUT2D eigenvalue weighted by molar-refractivity contribution is 5.92. The topological polar surface area (TPSA) is 50.4 Å². The van der Waals surface area contributed by atoms with E-state index in [1.54, 1.807) is 6.92 Å². The van der Waals surface area contributed by atoms with Crippen LogP contribution in [0.4, 0.5) is 14.5 Å². The molecule has 0 saturated heterocycles. The lowest BCUT2D eigenvalue weighted by atomic mass is 10.3. The molecule has 3 N–H and O–H groups in total. The number of anilines is 1. The lowest BCUT2D eigenvalue weighted by Gasteiger charge is -2.05. The first-order valence-electron chi connectivity index (χ1n) is 4.15. The number of guanidine groups is 1. The second-order valence-corrected chi connectivity index (χ2v) is 2.61. The Morgan fingerprint density at radius 2 is 2.21 bits per heavy atom. The summed E-state index contributed by atoms with van der Waals surface area (Å²) in [6, 6.07) is 3.08. The molecule has 0 atom stereocenters. The van der Waals surface area contributed by atoms with E-state index in [1.807, 2.05) is 0 Å². The van der Waals surface area contributed by atoms with E-state index in [9.17, 15) is 8.78 Å². The third-order valence-corrected chi connectivity index (χ3v) is 1.52. The minimum Gasteiger partial charge on any atom is -0.370 e. The van der Waals surface area contributed by atoms with Crippen molar-refractivity contribution >= 4 is 11.6 Å². The van der Waals surface area contributed by atoms with Crippen molar-refractivity contribution in [1.29, 1.82) is 0 Å². The Bertz CT molecular complexity index is 350. The summed E-state index contributed by atoms with van der Waals surface area (Å²) in [5.41, 5.74) is 5.37. The van der Waals surface area contributed by atoms with Crippen molar-refractivity contribution in [1.82, 2.24) is 0 Å². The van der Waals surface area contributed by atoms with Crippen molar-refractivity contribution in [3.63, 3.8) is 0 Å². The highest BCUT2D eigenvalue weighted by Gasteiger charge is 2.03. The third kappa shape index (κ3) is 2.69. The van der Waals surface area contributed by atoms with Crippen molar-refractivity contribution in [2.75, 3.05) is 11.9 Å². The highest BCUT2D eigenvalue weighted by atomic mass is 19.1. The van der Waals surface area contributed by atoms with Gasteiger partial charge >= 0.3 is 0 Å². The molecule has 0 bridgehead atoms. The molecule has 3 nitrogen and oxygen atoms in total. The van der Waals surface area contributed by atoms with E-state index in [2.05, 4.69) is 10.3 Å². The number of aliphatic imine (C=N–C) groups is 1. The van der Waals surface area contributed by atoms with E-state index in [1.165, 1.54) is 0 Å². The van der Waals surface area contributed by atoms with Gasteiger partial charge in [0, 0.05) is 12.6 Å². The molecule has 0 aromatic heterocycles. The van der Waals surface area contributed by atoms with Crippen molar-refractivity contribution in [2.24, 2.45) is 10.7 Å². The molecule has 0 aliphatic heterocycles. The summed E-state index contributed by atoms with van der Waals surface area (Å²) in [4.78, 5) is 3.78. The number of hydrogen-bond donors (Lipinski definition) is 2. The van der Waals surface area contributed by atoms with Crippen LogP contribution in [0.5, 0.6) is 0 Å². The predicted molar refractivity (Wildman–Crippen MR) is 52.1 cm³/mol. The molecule has 0 aliphatic rings. The molecule has 0 amide bonds. The Morgan fingerprint density at radius 3 is 2.86 bits per heavy atom. The number of halogens is 2. The first-order chi connectivity index (χ1) is 6.63. The normalized spacial score (nSPS) is 11.5. The van der Waals surface area contributed by atoms with Gasteiger partial charge in [-0.05, 0) is 19.1 Å². The lowest BCUT2D eigenvalue weighted by Crippen LogP contribution is -2.23. The van der Waals surface area contributed by atoms with Gasteiger partial charge in [-0.1, -0.05) is 0 Å². The zero-order valence-electron chi connectivity index (χ0n) is 7.72. The molecule has 0 fully saturated rings. The molecule has 0 radical (unpaired) electrons. The summed E-state index contributed by atoms with van der Waals surface area (Å²) in [5, 5.41) is 2.46. The van der Waals surface area contributed by atoms with E-state index < -0.39 is 11.6 Å². The van der Waals surface area contributed by atoms with Crippen LogP contribution in [0.2, 0.25) is 0 Å². The number of hydrogen-bond acceptors (Lipinski definition) is 1. The summed E-state index contributed by atoms with van der Waals surface area (Å²) in [6.45, 7) is 2.27. The van der Waals surface area contributed by atoms with Gasteiger partial charge < -0.3 is 11.1 Å². The summed E-state index contributed by atoms with van der Waals surface area (Å²) in [6.07, 6.45) is 0. The van der Waals surface area contributed by atoms with Gasteiger partial charge in [0.05, 0.1) is 5.69 Å². The summed E-state index contributed by atoms with van der Waals surface area (Å²) in [5.74, 6) is -1.03. The maximum atomic E-state index is 13.0. The van der Waals surface area contributed by atoms with Crippen molar-refractivity contribution in [2.45, 2.75) is 6.92 Å². The molecule has 5 heteroatoms. The molecule has 1 aromatic carbocycles. The minimum atomic E-state index is -0.569. The van der Waals surface area contributed by atoms with Crippen LogP contribution in [-0.2, 0) is 0 Å². The van der Waals surface area contributed by atoms with Gasteiger partial charge in [-0.3, -0.25) is 4.99 Å². The average molecular weight is 199 g/mol. The predicted octanol–water partition coefficient (Wildman–Crippen LogP) is 1.71. The Labute approximate surface area is 80.6 Å². The van der Waals surface area contributed by atoms with Crippen LogP contribution in [0.15, 0.2) is 23.2 Å². The maximum absolute atomic E-state index is 13.0. The van der Waals surface area contributed by atoms with Crippen LogP contribution in [0.3, 0.4) is 0 Å². The molecular formula is C9H11F2N3. The van der Waals surface area contributed by atoms with E-state index >= 15 is 0 Å². The van der Waals surface area contributed by atoms with Crippen LogP contribution in [0.25, 0.3) is 0 Å². The Hall–Kier alpha value is -1.65. The van der Waals surface area contributed by atoms with Gasteiger partial charge in [0.2, 0.25) is 0 Å². The number of nitrogens with one attached hydrogen (secondary N) is 1. The Morgan fingerprint density at radius 1 is 1.50 bits per heavy atom. The summed E-state index contributed by atoms with van der Waals surface area (Å²) in [7, 11) is 0. The monoisotopic (exact) mass is 199 g/mol. The quantitative estimate of drug-likeness (QED) is 0.562. The van der Waals surface area contributed by atoms with Crippen molar-refractivity contribution in [3.05, 3.63) is 29.8 Å². The van der Waals surface area contributed by atoms with Crippen molar-refractivity contribution in [3.8, 4) is 0 Å². The van der Waals surface area contributed by atoms with E-state index in [0.29, 0.717) is 6.54 Å². The van der Waals surface area contributed by atoms with Gasteiger partial charge in [-0.2, -0.15) is 0 Å². The number of nitrogens with two attached hydrogens (primary N) is 1. The molecule has 1 aromatic rings. The second kappa shape index (κ2) is 4.55. The second-order valence-electron chi connectivity index (χ2n) is 2.61. The van der Waals surface area contributed by atoms with Gasteiger partial charge in [-0.15, -0.1) is 0 Å². The lowest BCUT2D eigenvalue weighted by molar-refractivity contribution is 0.604. The molecule has 0 spiro atoms. The summed E-state index contributed by atoms with van der Waals surface area (Å²) < 4.78 is 25.7. The van der Waals surface area contributed by atoms with Gasteiger partial charge in [0.25, 0.3) is 0 Å². The van der Waals surface area contributed by atoms with E-state index in [4.69, 9.17) is 5.73 Å². The average Bonchev–Trinajstić information content (AvgIpc) is 2.12. The number of nitrogens with zero attached hydrogens (tertiary/aromatic N) is 1. The fourth-order valence-electron chi connectivity index (χ4n) is 0.941. The van der Waals surface area contributed by atoms with E-state index in [-0.39, 0.29) is 11.6 Å². The number of rotatable bonds is 2. The largest absolute Gasteiger partial charge is 0.370 e. The van der Waals surface area contributed by atoms with Crippen LogP contribution < -0.4 is 11.1 Å². The smallest absolute Gasteiger partial charge is 0.193 e. The summed E-state index contributed by atoms with van der Waals surface area (Å²) >= 11 is 0. The fraction of sp³-hybridized carbons (Fsp3) is 0.222. The molecule has 0 aliphatic carbocycles. The van der Waals surface area contributed by atoms with Crippen LogP contribution >= 0.6 is 0 Å². The molecule has 0 heterocycles. The first kappa shape index (κ1) is 10.4. The van der Waals surface area contributed by atoms with Crippen LogP contribution in [0.1, 0.15) is 6.92 Å². The molecule has 0 saturated carbocycles. The van der Waals surface area contributed by atoms with Gasteiger partial charge in [0.15, 0.2) is 5.96 Å². The zero-order chi connectivity index (χ0) is 10.6. The maximum Gasteiger partial charge on any atom is 0.193 e. The Balaban J connectivity index is 2.85.